The Hall–Kier alpha value is -3.71. The van der Waals surface area contributed by atoms with E-state index in [0.717, 1.165) is 11.3 Å². The highest BCUT2D eigenvalue weighted by atomic mass is 35.5. The van der Waals surface area contributed by atoms with Gasteiger partial charge in [-0.25, -0.2) is 14.9 Å². The molecule has 7 nitrogen and oxygen atoms in total. The van der Waals surface area contributed by atoms with Crippen molar-refractivity contribution in [2.24, 2.45) is 0 Å². The quantitative estimate of drug-likeness (QED) is 0.396. The summed E-state index contributed by atoms with van der Waals surface area (Å²) in [5.74, 6) is 0.695. The van der Waals surface area contributed by atoms with Crippen LogP contribution in [0, 0.1) is 0 Å². The molecule has 0 fully saturated rings. The summed E-state index contributed by atoms with van der Waals surface area (Å²) >= 11 is 6.39. The highest BCUT2D eigenvalue weighted by Gasteiger charge is 2.29. The summed E-state index contributed by atoms with van der Waals surface area (Å²) in [5.41, 5.74) is 2.93. The molecule has 2 aromatic carbocycles. The molecule has 0 unspecified atom stereocenters. The smallest absolute Gasteiger partial charge is 0.248 e. The van der Waals surface area contributed by atoms with E-state index in [1.54, 1.807) is 36.5 Å². The van der Waals surface area contributed by atoms with Crippen molar-refractivity contribution in [3.05, 3.63) is 72.1 Å². The van der Waals surface area contributed by atoms with E-state index < -0.39 is 0 Å². The van der Waals surface area contributed by atoms with Crippen molar-refractivity contribution in [3.8, 4) is 28.3 Å². The third kappa shape index (κ3) is 4.13. The van der Waals surface area contributed by atoms with E-state index in [4.69, 9.17) is 20.9 Å². The average molecular weight is 435 g/mol. The molecule has 0 aliphatic carbocycles. The molecule has 0 bridgehead atoms. The fourth-order valence-electron chi connectivity index (χ4n) is 3.23. The molecule has 156 valence electrons. The Labute approximate surface area is 184 Å². The number of carbonyl (C=O) groups is 1. The van der Waals surface area contributed by atoms with Crippen LogP contribution in [-0.4, -0.2) is 27.6 Å². The number of rotatable bonds is 6. The van der Waals surface area contributed by atoms with E-state index in [-0.39, 0.29) is 11.8 Å². The van der Waals surface area contributed by atoms with Gasteiger partial charge in [0.2, 0.25) is 11.8 Å². The lowest BCUT2D eigenvalue weighted by Gasteiger charge is -2.20. The van der Waals surface area contributed by atoms with Gasteiger partial charge >= 0.3 is 0 Å². The topological polar surface area (TPSA) is 81.4 Å². The Morgan fingerprint density at radius 1 is 1.13 bits per heavy atom. The van der Waals surface area contributed by atoms with Crippen molar-refractivity contribution in [2.45, 2.75) is 13.8 Å². The first-order valence-electron chi connectivity index (χ1n) is 9.64. The lowest BCUT2D eigenvalue weighted by atomic mass is 10.0. The van der Waals surface area contributed by atoms with E-state index >= 15 is 0 Å². The average Bonchev–Trinajstić information content (AvgIpc) is 3.21. The number of para-hydroxylation sites is 1. The molecule has 4 aromatic rings. The van der Waals surface area contributed by atoms with Crippen molar-refractivity contribution in [1.29, 1.82) is 0 Å². The standard InChI is InChI=1S/C23H19ClN4O3/c1-3-30-17-10-8-16(9-11-17)22-21(19-12-13-25-14-26-19)23(31-27-22)28(15(2)29)20-7-5-4-6-18(20)24/h4-14H,3H2,1-2H3. The molecule has 1 amide bonds. The molecular weight excluding hydrogens is 416 g/mol. The predicted octanol–water partition coefficient (Wildman–Crippen LogP) is 5.54. The minimum absolute atomic E-state index is 0.225. The molecule has 8 heteroatoms. The zero-order chi connectivity index (χ0) is 21.8. The zero-order valence-electron chi connectivity index (χ0n) is 16.9. The number of halogens is 1. The van der Waals surface area contributed by atoms with Crippen LogP contribution in [0.5, 0.6) is 5.75 Å². The second-order valence-corrected chi connectivity index (χ2v) is 6.98. The Morgan fingerprint density at radius 2 is 1.90 bits per heavy atom. The molecule has 4 rings (SSSR count). The number of benzene rings is 2. The lowest BCUT2D eigenvalue weighted by Crippen LogP contribution is -2.23. The summed E-state index contributed by atoms with van der Waals surface area (Å²) in [7, 11) is 0. The Morgan fingerprint density at radius 3 is 2.55 bits per heavy atom. The minimum atomic E-state index is -0.280. The van der Waals surface area contributed by atoms with Gasteiger partial charge in [-0.3, -0.25) is 4.79 Å². The summed E-state index contributed by atoms with van der Waals surface area (Å²) in [6.07, 6.45) is 3.05. The number of hydrogen-bond acceptors (Lipinski definition) is 6. The van der Waals surface area contributed by atoms with Gasteiger partial charge < -0.3 is 9.26 Å². The van der Waals surface area contributed by atoms with Crippen molar-refractivity contribution in [2.75, 3.05) is 11.5 Å². The molecule has 0 radical (unpaired) electrons. The number of anilines is 2. The van der Waals surface area contributed by atoms with Crippen LogP contribution in [0.3, 0.4) is 0 Å². The van der Waals surface area contributed by atoms with Crippen LogP contribution in [0.15, 0.2) is 71.6 Å². The molecular formula is C23H19ClN4O3. The van der Waals surface area contributed by atoms with E-state index in [1.165, 1.54) is 18.2 Å². The molecule has 0 aliphatic rings. The van der Waals surface area contributed by atoms with Crippen LogP contribution in [0.4, 0.5) is 11.6 Å². The van der Waals surface area contributed by atoms with Gasteiger partial charge in [-0.05, 0) is 49.4 Å². The number of amides is 1. The summed E-state index contributed by atoms with van der Waals surface area (Å²) in [6.45, 7) is 3.94. The Balaban J connectivity index is 1.91. The maximum absolute atomic E-state index is 12.7. The highest BCUT2D eigenvalue weighted by molar-refractivity contribution is 6.34. The number of hydrogen-bond donors (Lipinski definition) is 0. The maximum atomic E-state index is 12.7. The normalized spacial score (nSPS) is 10.7. The van der Waals surface area contributed by atoms with Crippen LogP contribution in [0.2, 0.25) is 5.02 Å². The fourth-order valence-corrected chi connectivity index (χ4v) is 3.45. The monoisotopic (exact) mass is 434 g/mol. The third-order valence-electron chi connectivity index (χ3n) is 4.56. The lowest BCUT2D eigenvalue weighted by molar-refractivity contribution is -0.116. The van der Waals surface area contributed by atoms with Crippen molar-refractivity contribution >= 4 is 29.1 Å². The van der Waals surface area contributed by atoms with Gasteiger partial charge in [-0.2, -0.15) is 0 Å². The minimum Gasteiger partial charge on any atom is -0.494 e. The SMILES string of the molecule is CCOc1ccc(-c2noc(N(C(C)=O)c3ccccc3Cl)c2-c2ccncn2)cc1. The number of carbonyl (C=O) groups excluding carboxylic acids is 1. The van der Waals surface area contributed by atoms with Crippen LogP contribution < -0.4 is 9.64 Å². The maximum Gasteiger partial charge on any atom is 0.248 e. The molecule has 0 spiro atoms. The van der Waals surface area contributed by atoms with Gasteiger partial charge in [0.15, 0.2) is 0 Å². The van der Waals surface area contributed by atoms with E-state index in [0.29, 0.717) is 34.3 Å². The van der Waals surface area contributed by atoms with Gasteiger partial charge in [-0.1, -0.05) is 28.9 Å². The van der Waals surface area contributed by atoms with Crippen LogP contribution in [-0.2, 0) is 4.79 Å². The summed E-state index contributed by atoms with van der Waals surface area (Å²) in [4.78, 5) is 22.4. The molecule has 0 aliphatic heterocycles. The first kappa shape index (κ1) is 20.6. The Bertz CT molecular complexity index is 1190. The van der Waals surface area contributed by atoms with Crippen molar-refractivity contribution in [1.82, 2.24) is 15.1 Å². The third-order valence-corrected chi connectivity index (χ3v) is 4.88. The predicted molar refractivity (Wildman–Crippen MR) is 118 cm³/mol. The molecule has 31 heavy (non-hydrogen) atoms. The molecule has 0 N–H and O–H groups in total. The first-order valence-corrected chi connectivity index (χ1v) is 10.0. The summed E-state index contributed by atoms with van der Waals surface area (Å²) in [6, 6.07) is 16.2. The van der Waals surface area contributed by atoms with Gasteiger partial charge in [0.05, 0.1) is 28.6 Å². The fraction of sp³-hybridized carbons (Fsp3) is 0.130. The van der Waals surface area contributed by atoms with Crippen molar-refractivity contribution in [3.63, 3.8) is 0 Å². The van der Waals surface area contributed by atoms with Gasteiger partial charge in [0.1, 0.15) is 17.8 Å². The second-order valence-electron chi connectivity index (χ2n) is 6.57. The molecule has 2 aromatic heterocycles. The highest BCUT2D eigenvalue weighted by Crippen LogP contribution is 2.43. The van der Waals surface area contributed by atoms with E-state index in [2.05, 4.69) is 15.1 Å². The van der Waals surface area contributed by atoms with Gasteiger partial charge in [-0.15, -0.1) is 0 Å². The second kappa shape index (κ2) is 8.97. The molecule has 0 saturated carbocycles. The number of ether oxygens (including phenoxy) is 1. The summed E-state index contributed by atoms with van der Waals surface area (Å²) in [5, 5.41) is 4.69. The molecule has 2 heterocycles. The van der Waals surface area contributed by atoms with Crippen molar-refractivity contribution < 1.29 is 14.1 Å². The van der Waals surface area contributed by atoms with E-state index in [1.807, 2.05) is 31.2 Å². The number of aromatic nitrogens is 3. The molecule has 0 atom stereocenters. The van der Waals surface area contributed by atoms with Gasteiger partial charge in [0, 0.05) is 18.7 Å². The van der Waals surface area contributed by atoms with Gasteiger partial charge in [0.25, 0.3) is 0 Å². The van der Waals surface area contributed by atoms with Crippen LogP contribution in [0.1, 0.15) is 13.8 Å². The van der Waals surface area contributed by atoms with E-state index in [9.17, 15) is 4.79 Å². The summed E-state index contributed by atoms with van der Waals surface area (Å²) < 4.78 is 11.2. The molecule has 0 saturated heterocycles. The first-order chi connectivity index (χ1) is 15.1. The Kier molecular flexibility index (Phi) is 5.95. The largest absolute Gasteiger partial charge is 0.494 e. The number of nitrogens with zero attached hydrogens (tertiary/aromatic N) is 4. The zero-order valence-corrected chi connectivity index (χ0v) is 17.7. The van der Waals surface area contributed by atoms with Crippen LogP contribution in [0.25, 0.3) is 22.5 Å². The van der Waals surface area contributed by atoms with Crippen LogP contribution >= 0.6 is 11.6 Å².